The molecule has 0 aromatic rings. The topological polar surface area (TPSA) is 0 Å². The van der Waals surface area contributed by atoms with Crippen molar-refractivity contribution in [2.24, 2.45) is 0 Å². The van der Waals surface area contributed by atoms with E-state index in [4.69, 9.17) is 0 Å². The Bertz CT molecular complexity index is 131. The van der Waals surface area contributed by atoms with Crippen LogP contribution in [0.25, 0.3) is 0 Å². The zero-order valence-electron chi connectivity index (χ0n) is 6.29. The highest BCUT2D eigenvalue weighted by atomic mass is 13.9. The fraction of sp³-hybridized carbons (Fsp3) is 0.400. The molecule has 0 aromatic heterocycles. The van der Waals surface area contributed by atoms with Crippen LogP contribution >= 0.6 is 0 Å². The predicted molar refractivity (Wildman–Crippen MR) is 45.9 cm³/mol. The van der Waals surface area contributed by atoms with Gasteiger partial charge in [-0.3, -0.25) is 0 Å². The Kier molecular flexibility index (Phi) is 3.69. The first kappa shape index (κ1) is 7.33. The number of allylic oxidation sites excluding steroid dienone is 6. The highest BCUT2D eigenvalue weighted by molar-refractivity contribution is 5.11. The van der Waals surface area contributed by atoms with E-state index in [1.807, 2.05) is 0 Å². The predicted octanol–water partition coefficient (Wildman–Crippen LogP) is 3.23. The summed E-state index contributed by atoms with van der Waals surface area (Å²) in [6.07, 6.45) is 18.0. The van der Waals surface area contributed by atoms with Crippen molar-refractivity contribution in [1.29, 1.82) is 0 Å². The Balaban J connectivity index is 2.40. The fourth-order valence-corrected chi connectivity index (χ4v) is 1.00. The Morgan fingerprint density at radius 3 is 1.60 bits per heavy atom. The second-order valence-electron chi connectivity index (χ2n) is 2.53. The molecular formula is C10H14. The van der Waals surface area contributed by atoms with E-state index in [9.17, 15) is 0 Å². The molecule has 0 radical (unpaired) electrons. The maximum Gasteiger partial charge on any atom is -0.0347 e. The van der Waals surface area contributed by atoms with Gasteiger partial charge in [-0.1, -0.05) is 36.5 Å². The van der Waals surface area contributed by atoms with Crippen LogP contribution in [-0.2, 0) is 0 Å². The molecule has 0 unspecified atom stereocenters. The molecule has 10 heavy (non-hydrogen) atoms. The van der Waals surface area contributed by atoms with Gasteiger partial charge in [-0.15, -0.1) is 0 Å². The van der Waals surface area contributed by atoms with Crippen LogP contribution in [0, 0.1) is 0 Å². The third-order valence-electron chi connectivity index (χ3n) is 1.60. The van der Waals surface area contributed by atoms with Gasteiger partial charge in [-0.25, -0.2) is 0 Å². The number of hydrogen-bond acceptors (Lipinski definition) is 0. The molecule has 0 fully saturated rings. The van der Waals surface area contributed by atoms with Crippen molar-refractivity contribution in [1.82, 2.24) is 0 Å². The van der Waals surface area contributed by atoms with Crippen molar-refractivity contribution >= 4 is 0 Å². The summed E-state index contributed by atoms with van der Waals surface area (Å²) in [6, 6.07) is 0. The standard InChI is InChI=1S/C10H14/c1-2-4-6-8-10-9-7-5-3-1/h1-6H,7-10H2/b2-1-,5-3-,6-4+. The van der Waals surface area contributed by atoms with Crippen LogP contribution in [0.15, 0.2) is 36.5 Å². The molecular weight excluding hydrogens is 120 g/mol. The lowest BCUT2D eigenvalue weighted by atomic mass is 10.1. The maximum absolute atomic E-state index is 2.23. The average molecular weight is 134 g/mol. The summed E-state index contributed by atoms with van der Waals surface area (Å²) in [4.78, 5) is 0. The summed E-state index contributed by atoms with van der Waals surface area (Å²) in [7, 11) is 0. The van der Waals surface area contributed by atoms with Crippen molar-refractivity contribution in [2.75, 3.05) is 0 Å². The van der Waals surface area contributed by atoms with E-state index in [1.54, 1.807) is 0 Å². The zero-order valence-corrected chi connectivity index (χ0v) is 6.29. The van der Waals surface area contributed by atoms with Crippen LogP contribution in [0.3, 0.4) is 0 Å². The summed E-state index contributed by atoms with van der Waals surface area (Å²) < 4.78 is 0. The molecule has 0 heterocycles. The van der Waals surface area contributed by atoms with Gasteiger partial charge in [-0.2, -0.15) is 0 Å². The number of rotatable bonds is 0. The molecule has 0 N–H and O–H groups in total. The molecule has 0 bridgehead atoms. The van der Waals surface area contributed by atoms with E-state index in [0.29, 0.717) is 0 Å². The molecule has 0 aliphatic heterocycles. The van der Waals surface area contributed by atoms with E-state index in [2.05, 4.69) is 36.5 Å². The van der Waals surface area contributed by atoms with E-state index in [-0.39, 0.29) is 0 Å². The van der Waals surface area contributed by atoms with Crippen molar-refractivity contribution in [3.63, 3.8) is 0 Å². The van der Waals surface area contributed by atoms with Crippen molar-refractivity contribution in [2.45, 2.75) is 25.7 Å². The first-order chi connectivity index (χ1) is 5.00. The third-order valence-corrected chi connectivity index (χ3v) is 1.60. The summed E-state index contributed by atoms with van der Waals surface area (Å²) in [5.41, 5.74) is 0. The molecule has 0 nitrogen and oxygen atoms in total. The van der Waals surface area contributed by atoms with Gasteiger partial charge >= 0.3 is 0 Å². The van der Waals surface area contributed by atoms with E-state index in [0.717, 1.165) is 0 Å². The van der Waals surface area contributed by atoms with Gasteiger partial charge in [0, 0.05) is 0 Å². The zero-order chi connectivity index (χ0) is 7.07. The van der Waals surface area contributed by atoms with Crippen LogP contribution in [0.4, 0.5) is 0 Å². The molecule has 1 rings (SSSR count). The minimum absolute atomic E-state index is 1.23. The van der Waals surface area contributed by atoms with Gasteiger partial charge in [0.15, 0.2) is 0 Å². The van der Waals surface area contributed by atoms with Gasteiger partial charge in [0.25, 0.3) is 0 Å². The first-order valence-electron chi connectivity index (χ1n) is 3.98. The lowest BCUT2D eigenvalue weighted by molar-refractivity contribution is 0.762. The minimum atomic E-state index is 1.23. The Hall–Kier alpha value is -0.780. The molecule has 1 aliphatic rings. The fourth-order valence-electron chi connectivity index (χ4n) is 1.00. The van der Waals surface area contributed by atoms with Crippen LogP contribution < -0.4 is 0 Å². The summed E-state index contributed by atoms with van der Waals surface area (Å²) in [6.45, 7) is 0. The second kappa shape index (κ2) is 5.04. The van der Waals surface area contributed by atoms with Crippen LogP contribution in [-0.4, -0.2) is 0 Å². The van der Waals surface area contributed by atoms with E-state index >= 15 is 0 Å². The average Bonchev–Trinajstić information content (AvgIpc) is 2.01. The summed E-state index contributed by atoms with van der Waals surface area (Å²) >= 11 is 0. The minimum Gasteiger partial charge on any atom is -0.0845 e. The Morgan fingerprint density at radius 2 is 1.10 bits per heavy atom. The molecule has 0 heteroatoms. The normalized spacial score (nSPS) is 28.8. The monoisotopic (exact) mass is 134 g/mol. The quantitative estimate of drug-likeness (QED) is 0.477. The van der Waals surface area contributed by atoms with Crippen molar-refractivity contribution in [3.8, 4) is 0 Å². The molecule has 1 aliphatic carbocycles. The van der Waals surface area contributed by atoms with Crippen LogP contribution in [0.5, 0.6) is 0 Å². The van der Waals surface area contributed by atoms with Crippen LogP contribution in [0.2, 0.25) is 0 Å². The van der Waals surface area contributed by atoms with E-state index in [1.165, 1.54) is 25.7 Å². The third kappa shape index (κ3) is 3.29. The van der Waals surface area contributed by atoms with Crippen LogP contribution in [0.1, 0.15) is 25.7 Å². The van der Waals surface area contributed by atoms with Gasteiger partial charge in [0.05, 0.1) is 0 Å². The number of hydrogen-bond donors (Lipinski definition) is 0. The molecule has 54 valence electrons. The molecule has 0 saturated carbocycles. The maximum atomic E-state index is 2.23. The highest BCUT2D eigenvalue weighted by Gasteiger charge is 1.83. The van der Waals surface area contributed by atoms with E-state index < -0.39 is 0 Å². The van der Waals surface area contributed by atoms with Gasteiger partial charge < -0.3 is 0 Å². The molecule has 0 saturated heterocycles. The lowest BCUT2D eigenvalue weighted by Crippen LogP contribution is -1.72. The smallest absolute Gasteiger partial charge is 0.0347 e. The molecule has 0 amide bonds. The first-order valence-corrected chi connectivity index (χ1v) is 3.98. The van der Waals surface area contributed by atoms with Crippen molar-refractivity contribution < 1.29 is 0 Å². The van der Waals surface area contributed by atoms with Gasteiger partial charge in [0.1, 0.15) is 0 Å². The molecule has 0 aromatic carbocycles. The summed E-state index contributed by atoms with van der Waals surface area (Å²) in [5, 5.41) is 0. The molecule has 0 spiro atoms. The molecule has 0 atom stereocenters. The Labute approximate surface area is 62.9 Å². The Morgan fingerprint density at radius 1 is 0.600 bits per heavy atom. The van der Waals surface area contributed by atoms with Crippen molar-refractivity contribution in [3.05, 3.63) is 36.5 Å². The van der Waals surface area contributed by atoms with Gasteiger partial charge in [0.2, 0.25) is 0 Å². The van der Waals surface area contributed by atoms with Gasteiger partial charge in [-0.05, 0) is 25.7 Å². The largest absolute Gasteiger partial charge is 0.0845 e. The summed E-state index contributed by atoms with van der Waals surface area (Å²) in [5.74, 6) is 0. The lowest BCUT2D eigenvalue weighted by Gasteiger charge is -1.92. The highest BCUT2D eigenvalue weighted by Crippen LogP contribution is 2.03. The second-order valence-corrected chi connectivity index (χ2v) is 2.53. The SMILES string of the molecule is C1=C\C=C\CCCC\C=C/1.